The molecule has 0 aliphatic carbocycles. The van der Waals surface area contributed by atoms with Crippen LogP contribution in [0.3, 0.4) is 0 Å². The third-order valence-electron chi connectivity index (χ3n) is 4.17. The number of hydrogen-bond donors (Lipinski definition) is 1. The van der Waals surface area contributed by atoms with E-state index in [1.54, 1.807) is 4.68 Å². The maximum atomic E-state index is 5.85. The molecule has 3 atom stereocenters. The lowest BCUT2D eigenvalue weighted by Crippen LogP contribution is -2.31. The van der Waals surface area contributed by atoms with Gasteiger partial charge in [-0.2, -0.15) is 4.68 Å². The summed E-state index contributed by atoms with van der Waals surface area (Å²) in [6.45, 7) is 2.06. The van der Waals surface area contributed by atoms with E-state index in [4.69, 9.17) is 4.74 Å². The van der Waals surface area contributed by atoms with Crippen LogP contribution >= 0.6 is 0 Å². The van der Waals surface area contributed by atoms with E-state index in [-0.39, 0.29) is 0 Å². The minimum absolute atomic E-state index is 0.308. The van der Waals surface area contributed by atoms with Gasteiger partial charge in [0.15, 0.2) is 0 Å². The quantitative estimate of drug-likeness (QED) is 0.920. The fourth-order valence-corrected chi connectivity index (χ4v) is 3.09. The van der Waals surface area contributed by atoms with Crippen molar-refractivity contribution in [1.82, 2.24) is 20.2 Å². The Balaban J connectivity index is 1.57. The number of benzene rings is 1. The van der Waals surface area contributed by atoms with Crippen LogP contribution in [0.25, 0.3) is 5.69 Å². The standard InChI is InChI=1S/C14H17N5O/c1-9-2-4-10(5-3-9)19-14(16-17-18-19)15-12-8-11-6-7-13(12)20-11/h2-5,11-13H,6-8H2,1H3,(H,15,16,18)/t11-,12+,13-/m1/s1. The molecule has 20 heavy (non-hydrogen) atoms. The molecule has 2 aromatic rings. The van der Waals surface area contributed by atoms with Crippen molar-refractivity contribution in [3.8, 4) is 5.69 Å². The van der Waals surface area contributed by atoms with Crippen molar-refractivity contribution < 1.29 is 4.74 Å². The summed E-state index contributed by atoms with van der Waals surface area (Å²) in [7, 11) is 0. The van der Waals surface area contributed by atoms with E-state index in [0.717, 1.165) is 18.5 Å². The van der Waals surface area contributed by atoms with Crippen LogP contribution in [-0.2, 0) is 4.74 Å². The monoisotopic (exact) mass is 271 g/mol. The predicted octanol–water partition coefficient (Wildman–Crippen LogP) is 1.70. The van der Waals surface area contributed by atoms with Crippen LogP contribution in [0.1, 0.15) is 24.8 Å². The molecule has 0 saturated carbocycles. The van der Waals surface area contributed by atoms with Crippen molar-refractivity contribution >= 4 is 5.95 Å². The molecule has 4 rings (SSSR count). The third kappa shape index (κ3) is 1.96. The van der Waals surface area contributed by atoms with Crippen LogP contribution in [0.15, 0.2) is 24.3 Å². The molecule has 3 heterocycles. The van der Waals surface area contributed by atoms with Crippen LogP contribution in [0, 0.1) is 6.92 Å². The van der Waals surface area contributed by atoms with Gasteiger partial charge in [-0.3, -0.25) is 0 Å². The summed E-state index contributed by atoms with van der Waals surface area (Å²) in [6.07, 6.45) is 4.09. The van der Waals surface area contributed by atoms with Gasteiger partial charge in [-0.05, 0) is 48.7 Å². The number of tetrazole rings is 1. The Morgan fingerprint density at radius 1 is 1.25 bits per heavy atom. The molecule has 2 fully saturated rings. The average Bonchev–Trinajstić information content (AvgIpc) is 3.16. The van der Waals surface area contributed by atoms with Crippen molar-refractivity contribution in [2.24, 2.45) is 0 Å². The summed E-state index contributed by atoms with van der Waals surface area (Å²) < 4.78 is 7.60. The molecule has 0 radical (unpaired) electrons. The number of nitrogens with zero attached hydrogens (tertiary/aromatic N) is 4. The largest absolute Gasteiger partial charge is 0.373 e. The van der Waals surface area contributed by atoms with Gasteiger partial charge < -0.3 is 10.1 Å². The predicted molar refractivity (Wildman–Crippen MR) is 73.8 cm³/mol. The summed E-state index contributed by atoms with van der Waals surface area (Å²) in [6, 6.07) is 8.48. The summed E-state index contributed by atoms with van der Waals surface area (Å²) in [4.78, 5) is 0. The summed E-state index contributed by atoms with van der Waals surface area (Å²) in [5, 5.41) is 15.4. The molecule has 104 valence electrons. The van der Waals surface area contributed by atoms with Crippen molar-refractivity contribution in [1.29, 1.82) is 0 Å². The smallest absolute Gasteiger partial charge is 0.248 e. The SMILES string of the molecule is Cc1ccc(-n2nnnc2N[C@H]2C[C@H]3CC[C@H]2O3)cc1. The first-order chi connectivity index (χ1) is 9.79. The van der Waals surface area contributed by atoms with E-state index in [1.165, 1.54) is 12.0 Å². The first-order valence-corrected chi connectivity index (χ1v) is 7.07. The maximum Gasteiger partial charge on any atom is 0.248 e. The number of hydrogen-bond acceptors (Lipinski definition) is 5. The number of anilines is 1. The zero-order chi connectivity index (χ0) is 13.5. The van der Waals surface area contributed by atoms with Gasteiger partial charge >= 0.3 is 0 Å². The molecule has 6 heteroatoms. The molecule has 2 aliphatic rings. The molecule has 2 saturated heterocycles. The number of rotatable bonds is 3. The number of ether oxygens (including phenoxy) is 1. The molecule has 6 nitrogen and oxygen atoms in total. The van der Waals surface area contributed by atoms with Gasteiger partial charge in [0.2, 0.25) is 5.95 Å². The average molecular weight is 271 g/mol. The van der Waals surface area contributed by atoms with Crippen LogP contribution in [0.2, 0.25) is 0 Å². The normalized spacial score (nSPS) is 27.9. The van der Waals surface area contributed by atoms with E-state index in [2.05, 4.69) is 39.9 Å². The van der Waals surface area contributed by atoms with Gasteiger partial charge in [0.25, 0.3) is 0 Å². The Bertz CT molecular complexity index is 608. The number of fused-ring (bicyclic) bond motifs is 2. The Labute approximate surface area is 117 Å². The number of nitrogens with one attached hydrogen (secondary N) is 1. The van der Waals surface area contributed by atoms with E-state index in [9.17, 15) is 0 Å². The molecule has 1 aromatic carbocycles. The van der Waals surface area contributed by atoms with Gasteiger partial charge in [0, 0.05) is 0 Å². The highest BCUT2D eigenvalue weighted by atomic mass is 16.5. The summed E-state index contributed by atoms with van der Waals surface area (Å²) in [5.74, 6) is 0.690. The highest BCUT2D eigenvalue weighted by molar-refractivity contribution is 5.40. The Morgan fingerprint density at radius 2 is 2.10 bits per heavy atom. The second kappa shape index (κ2) is 4.56. The second-order valence-electron chi connectivity index (χ2n) is 5.61. The molecule has 2 aliphatic heterocycles. The first kappa shape index (κ1) is 11.8. The van der Waals surface area contributed by atoms with Crippen molar-refractivity contribution in [3.05, 3.63) is 29.8 Å². The molecule has 0 amide bonds. The molecule has 0 unspecified atom stereocenters. The lowest BCUT2D eigenvalue weighted by molar-refractivity contribution is 0.102. The lowest BCUT2D eigenvalue weighted by atomic mass is 9.96. The molecule has 0 spiro atoms. The second-order valence-corrected chi connectivity index (χ2v) is 5.61. The van der Waals surface area contributed by atoms with Crippen LogP contribution < -0.4 is 5.32 Å². The minimum Gasteiger partial charge on any atom is -0.373 e. The summed E-state index contributed by atoms with van der Waals surface area (Å²) >= 11 is 0. The summed E-state index contributed by atoms with van der Waals surface area (Å²) in [5.41, 5.74) is 2.19. The Morgan fingerprint density at radius 3 is 2.80 bits per heavy atom. The van der Waals surface area contributed by atoms with Gasteiger partial charge in [0.1, 0.15) is 0 Å². The van der Waals surface area contributed by atoms with Crippen molar-refractivity contribution in [2.45, 2.75) is 44.4 Å². The van der Waals surface area contributed by atoms with Gasteiger partial charge in [0.05, 0.1) is 23.9 Å². The highest BCUT2D eigenvalue weighted by Crippen LogP contribution is 2.35. The van der Waals surface area contributed by atoms with Crippen LogP contribution in [-0.4, -0.2) is 38.5 Å². The van der Waals surface area contributed by atoms with E-state index >= 15 is 0 Å². The van der Waals surface area contributed by atoms with Gasteiger partial charge in [-0.15, -0.1) is 0 Å². The highest BCUT2D eigenvalue weighted by Gasteiger charge is 2.41. The van der Waals surface area contributed by atoms with E-state index in [1.807, 2.05) is 12.1 Å². The molecule has 1 N–H and O–H groups in total. The minimum atomic E-state index is 0.308. The van der Waals surface area contributed by atoms with E-state index < -0.39 is 0 Å². The molecule has 1 aromatic heterocycles. The maximum absolute atomic E-state index is 5.85. The Kier molecular flexibility index (Phi) is 2.70. The fourth-order valence-electron chi connectivity index (χ4n) is 3.09. The third-order valence-corrected chi connectivity index (χ3v) is 4.17. The van der Waals surface area contributed by atoms with E-state index in [0.29, 0.717) is 24.2 Å². The van der Waals surface area contributed by atoms with Gasteiger partial charge in [-0.1, -0.05) is 22.8 Å². The van der Waals surface area contributed by atoms with Gasteiger partial charge in [-0.25, -0.2) is 0 Å². The first-order valence-electron chi connectivity index (χ1n) is 7.07. The number of aromatic nitrogens is 4. The van der Waals surface area contributed by atoms with Crippen molar-refractivity contribution in [2.75, 3.05) is 5.32 Å². The molecule has 2 bridgehead atoms. The fraction of sp³-hybridized carbons (Fsp3) is 0.500. The number of aryl methyl sites for hydroxylation is 1. The molecular formula is C14H17N5O. The molecular weight excluding hydrogens is 254 g/mol. The topological polar surface area (TPSA) is 64.9 Å². The van der Waals surface area contributed by atoms with Crippen molar-refractivity contribution in [3.63, 3.8) is 0 Å². The Hall–Kier alpha value is -1.95. The lowest BCUT2D eigenvalue weighted by Gasteiger charge is -2.20. The van der Waals surface area contributed by atoms with Crippen LogP contribution in [0.4, 0.5) is 5.95 Å². The zero-order valence-corrected chi connectivity index (χ0v) is 11.4. The zero-order valence-electron chi connectivity index (χ0n) is 11.4. The van der Waals surface area contributed by atoms with Crippen LogP contribution in [0.5, 0.6) is 0 Å².